The molecule has 0 bridgehead atoms. The van der Waals surface area contributed by atoms with Crippen LogP contribution >= 0.6 is 11.8 Å². The van der Waals surface area contributed by atoms with Crippen LogP contribution in [0, 0.1) is 0 Å². The van der Waals surface area contributed by atoms with Crippen LogP contribution in [0.1, 0.15) is 10.5 Å². The summed E-state index contributed by atoms with van der Waals surface area (Å²) in [5.74, 6) is -0.460. The number of carbonyl (C=O) groups is 2. The van der Waals surface area contributed by atoms with E-state index in [1.165, 1.54) is 10.9 Å². The molecule has 0 atom stereocenters. The summed E-state index contributed by atoms with van der Waals surface area (Å²) in [6, 6.07) is 7.72. The molecule has 2 heterocycles. The molecule has 8 heteroatoms. The Morgan fingerprint density at radius 3 is 2.90 bits per heavy atom. The van der Waals surface area contributed by atoms with Crippen molar-refractivity contribution in [2.45, 2.75) is 11.4 Å². The van der Waals surface area contributed by atoms with Gasteiger partial charge in [0.25, 0.3) is 0 Å². The molecule has 1 amide bonds. The second-order valence-electron chi connectivity index (χ2n) is 4.47. The number of rotatable bonds is 3. The fourth-order valence-corrected chi connectivity index (χ4v) is 3.12. The van der Waals surface area contributed by atoms with Crippen LogP contribution in [0.3, 0.4) is 0 Å². The maximum absolute atomic E-state index is 12.4. The Morgan fingerprint density at radius 1 is 1.33 bits per heavy atom. The number of carboxylic acid groups (broad SMARTS) is 1. The molecule has 0 saturated carbocycles. The summed E-state index contributed by atoms with van der Waals surface area (Å²) in [6.07, 6.45) is 1.25. The zero-order valence-corrected chi connectivity index (χ0v) is 11.8. The van der Waals surface area contributed by atoms with E-state index in [1.807, 2.05) is 24.3 Å². The van der Waals surface area contributed by atoms with E-state index < -0.39 is 5.97 Å². The standard InChI is InChI=1S/C13H12N4O3S/c18-12(8-16-7-9(13(19)20)14-15-16)17-5-6-21-11-4-2-1-3-10(11)17/h1-4,7H,5-6,8H2,(H,19,20). The SMILES string of the molecule is O=C(O)c1cn(CC(=O)N2CCSc3ccccc32)nn1. The maximum Gasteiger partial charge on any atom is 0.358 e. The predicted molar refractivity (Wildman–Crippen MR) is 76.5 cm³/mol. The summed E-state index contributed by atoms with van der Waals surface area (Å²) in [5, 5.41) is 16.0. The molecule has 7 nitrogen and oxygen atoms in total. The van der Waals surface area contributed by atoms with Crippen LogP contribution in [0.5, 0.6) is 0 Å². The van der Waals surface area contributed by atoms with Gasteiger partial charge in [-0.25, -0.2) is 9.48 Å². The second-order valence-corrected chi connectivity index (χ2v) is 5.60. The number of hydrogen-bond acceptors (Lipinski definition) is 5. The Labute approximate surface area is 124 Å². The van der Waals surface area contributed by atoms with Crippen molar-refractivity contribution >= 4 is 29.3 Å². The molecule has 3 rings (SSSR count). The topological polar surface area (TPSA) is 88.3 Å². The second kappa shape index (κ2) is 5.57. The molecule has 0 fully saturated rings. The molecule has 1 N–H and O–H groups in total. The van der Waals surface area contributed by atoms with E-state index in [0.717, 1.165) is 16.3 Å². The molecule has 0 unspecified atom stereocenters. The zero-order valence-electron chi connectivity index (χ0n) is 11.0. The number of hydrogen-bond donors (Lipinski definition) is 1. The van der Waals surface area contributed by atoms with Crippen molar-refractivity contribution in [3.8, 4) is 0 Å². The third-order valence-electron chi connectivity index (χ3n) is 3.08. The van der Waals surface area contributed by atoms with Crippen molar-refractivity contribution in [2.24, 2.45) is 0 Å². The molecular formula is C13H12N4O3S. The minimum atomic E-state index is -1.16. The van der Waals surface area contributed by atoms with Gasteiger partial charge in [0.2, 0.25) is 5.91 Å². The highest BCUT2D eigenvalue weighted by Gasteiger charge is 2.23. The van der Waals surface area contributed by atoms with Crippen LogP contribution in [-0.2, 0) is 11.3 Å². The molecular weight excluding hydrogens is 292 g/mol. The van der Waals surface area contributed by atoms with Gasteiger partial charge in [-0.05, 0) is 12.1 Å². The molecule has 1 aliphatic rings. The number of thioether (sulfide) groups is 1. The van der Waals surface area contributed by atoms with Crippen LogP contribution in [0.15, 0.2) is 35.4 Å². The lowest BCUT2D eigenvalue weighted by Gasteiger charge is -2.28. The summed E-state index contributed by atoms with van der Waals surface area (Å²) in [5.41, 5.74) is 0.717. The first-order valence-corrected chi connectivity index (χ1v) is 7.29. The van der Waals surface area contributed by atoms with E-state index in [2.05, 4.69) is 10.3 Å². The van der Waals surface area contributed by atoms with Crippen molar-refractivity contribution in [3.63, 3.8) is 0 Å². The predicted octanol–water partition coefficient (Wildman–Crippen LogP) is 1.12. The van der Waals surface area contributed by atoms with Gasteiger partial charge in [-0.1, -0.05) is 17.3 Å². The van der Waals surface area contributed by atoms with E-state index in [9.17, 15) is 9.59 Å². The summed E-state index contributed by atoms with van der Waals surface area (Å²) < 4.78 is 1.25. The van der Waals surface area contributed by atoms with E-state index in [4.69, 9.17) is 5.11 Å². The highest BCUT2D eigenvalue weighted by molar-refractivity contribution is 7.99. The highest BCUT2D eigenvalue weighted by Crippen LogP contribution is 2.34. The van der Waals surface area contributed by atoms with Crippen LogP contribution in [0.25, 0.3) is 0 Å². The van der Waals surface area contributed by atoms with Gasteiger partial charge in [0, 0.05) is 17.2 Å². The molecule has 1 aromatic heterocycles. The number of anilines is 1. The number of amides is 1. The fourth-order valence-electron chi connectivity index (χ4n) is 2.13. The van der Waals surface area contributed by atoms with Gasteiger partial charge in [0.05, 0.1) is 11.9 Å². The molecule has 1 aromatic carbocycles. The normalized spacial score (nSPS) is 13.8. The first kappa shape index (κ1) is 13.6. The Balaban J connectivity index is 1.78. The van der Waals surface area contributed by atoms with E-state index in [0.29, 0.717) is 6.54 Å². The molecule has 0 radical (unpaired) electrons. The Morgan fingerprint density at radius 2 is 2.14 bits per heavy atom. The van der Waals surface area contributed by atoms with Gasteiger partial charge < -0.3 is 10.0 Å². The molecule has 108 valence electrons. The molecule has 1 aliphatic heterocycles. The maximum atomic E-state index is 12.4. The van der Waals surface area contributed by atoms with Crippen LogP contribution in [-0.4, -0.2) is 44.3 Å². The Hall–Kier alpha value is -2.35. The Kier molecular flexibility index (Phi) is 3.61. The summed E-state index contributed by atoms with van der Waals surface area (Å²) >= 11 is 1.72. The molecule has 2 aromatic rings. The van der Waals surface area contributed by atoms with Gasteiger partial charge in [0.1, 0.15) is 6.54 Å². The van der Waals surface area contributed by atoms with Gasteiger partial charge in [-0.2, -0.15) is 0 Å². The summed E-state index contributed by atoms with van der Waals surface area (Å²) in [7, 11) is 0. The number of carbonyl (C=O) groups excluding carboxylic acids is 1. The average molecular weight is 304 g/mol. The quantitative estimate of drug-likeness (QED) is 0.914. The summed E-state index contributed by atoms with van der Waals surface area (Å²) in [6.45, 7) is 0.597. The van der Waals surface area contributed by atoms with Crippen LogP contribution in [0.4, 0.5) is 5.69 Å². The van der Waals surface area contributed by atoms with Gasteiger partial charge in [0.15, 0.2) is 5.69 Å². The fraction of sp³-hybridized carbons (Fsp3) is 0.231. The van der Waals surface area contributed by atoms with Crippen molar-refractivity contribution in [1.82, 2.24) is 15.0 Å². The smallest absolute Gasteiger partial charge is 0.358 e. The lowest BCUT2D eigenvalue weighted by Crippen LogP contribution is -2.37. The minimum Gasteiger partial charge on any atom is -0.476 e. The third-order valence-corrected chi connectivity index (χ3v) is 4.13. The highest BCUT2D eigenvalue weighted by atomic mass is 32.2. The molecule has 0 spiro atoms. The van der Waals surface area contributed by atoms with Gasteiger partial charge in [-0.3, -0.25) is 4.79 Å². The van der Waals surface area contributed by atoms with Crippen LogP contribution in [0.2, 0.25) is 0 Å². The van der Waals surface area contributed by atoms with Gasteiger partial charge in [-0.15, -0.1) is 16.9 Å². The van der Waals surface area contributed by atoms with Gasteiger partial charge >= 0.3 is 5.97 Å². The number of para-hydroxylation sites is 1. The molecule has 21 heavy (non-hydrogen) atoms. The average Bonchev–Trinajstić information content (AvgIpc) is 2.95. The molecule has 0 aliphatic carbocycles. The lowest BCUT2D eigenvalue weighted by atomic mass is 10.2. The number of nitrogens with zero attached hydrogens (tertiary/aromatic N) is 4. The number of aromatic nitrogens is 3. The zero-order chi connectivity index (χ0) is 14.8. The Bertz CT molecular complexity index is 700. The summed E-state index contributed by atoms with van der Waals surface area (Å²) in [4.78, 5) is 25.9. The van der Waals surface area contributed by atoms with Crippen molar-refractivity contribution < 1.29 is 14.7 Å². The number of benzene rings is 1. The minimum absolute atomic E-state index is 0.0285. The van der Waals surface area contributed by atoms with E-state index >= 15 is 0 Å². The van der Waals surface area contributed by atoms with E-state index in [1.54, 1.807) is 16.7 Å². The van der Waals surface area contributed by atoms with Crippen LogP contribution < -0.4 is 4.90 Å². The largest absolute Gasteiger partial charge is 0.476 e. The third kappa shape index (κ3) is 2.75. The van der Waals surface area contributed by atoms with E-state index in [-0.39, 0.29) is 18.1 Å². The van der Waals surface area contributed by atoms with Crippen molar-refractivity contribution in [1.29, 1.82) is 0 Å². The number of fused-ring (bicyclic) bond motifs is 1. The lowest BCUT2D eigenvalue weighted by molar-refractivity contribution is -0.119. The molecule has 0 saturated heterocycles. The first-order valence-electron chi connectivity index (χ1n) is 6.31. The van der Waals surface area contributed by atoms with Crippen molar-refractivity contribution in [3.05, 3.63) is 36.2 Å². The number of aromatic carboxylic acids is 1. The number of carboxylic acids is 1. The first-order chi connectivity index (χ1) is 10.1. The monoisotopic (exact) mass is 304 g/mol. The van der Waals surface area contributed by atoms with Crippen molar-refractivity contribution in [2.75, 3.05) is 17.2 Å².